The monoisotopic (exact) mass is 395 g/mol. The summed E-state index contributed by atoms with van der Waals surface area (Å²) in [5, 5.41) is 7.21. The lowest BCUT2D eigenvalue weighted by Crippen LogP contribution is -2.35. The van der Waals surface area contributed by atoms with Gasteiger partial charge < -0.3 is 10.1 Å². The van der Waals surface area contributed by atoms with Crippen LogP contribution in [0.4, 0.5) is 4.39 Å². The Morgan fingerprint density at radius 1 is 1.14 bits per heavy atom. The molecule has 3 rings (SSSR count). The van der Waals surface area contributed by atoms with Crippen molar-refractivity contribution in [1.29, 1.82) is 0 Å². The number of amides is 1. The lowest BCUT2D eigenvalue weighted by molar-refractivity contribution is -0.145. The summed E-state index contributed by atoms with van der Waals surface area (Å²) in [4.78, 5) is 25.4. The molecule has 0 bridgehead atoms. The first-order valence-corrected chi connectivity index (χ1v) is 9.27. The summed E-state index contributed by atoms with van der Waals surface area (Å²) >= 11 is 0. The van der Waals surface area contributed by atoms with Gasteiger partial charge in [0.25, 0.3) is 5.91 Å². The minimum atomic E-state index is -1.07. The van der Waals surface area contributed by atoms with Gasteiger partial charge in [0.05, 0.1) is 18.0 Å². The van der Waals surface area contributed by atoms with Crippen molar-refractivity contribution in [2.75, 3.05) is 6.61 Å². The predicted molar refractivity (Wildman–Crippen MR) is 106 cm³/mol. The zero-order valence-corrected chi connectivity index (χ0v) is 16.5. The maximum atomic E-state index is 13.5. The second-order valence-electron chi connectivity index (χ2n) is 6.50. The van der Waals surface area contributed by atoms with Crippen molar-refractivity contribution in [3.63, 3.8) is 0 Å². The van der Waals surface area contributed by atoms with Crippen molar-refractivity contribution in [3.05, 3.63) is 82.9 Å². The molecule has 1 atom stereocenters. The third-order valence-corrected chi connectivity index (χ3v) is 4.52. The maximum Gasteiger partial charge on any atom is 0.333 e. The molecular weight excluding hydrogens is 373 g/mol. The van der Waals surface area contributed by atoms with E-state index >= 15 is 0 Å². The van der Waals surface area contributed by atoms with Crippen molar-refractivity contribution in [1.82, 2.24) is 15.1 Å². The number of esters is 1. The van der Waals surface area contributed by atoms with Crippen LogP contribution in [-0.4, -0.2) is 28.3 Å². The molecule has 0 fully saturated rings. The van der Waals surface area contributed by atoms with Crippen molar-refractivity contribution >= 4 is 11.9 Å². The lowest BCUT2D eigenvalue weighted by atomic mass is 10.0. The Labute approximate surface area is 168 Å². The summed E-state index contributed by atoms with van der Waals surface area (Å²) in [6.07, 6.45) is 0. The van der Waals surface area contributed by atoms with Gasteiger partial charge in [0, 0.05) is 16.8 Å². The number of ether oxygens (including phenoxy) is 1. The number of rotatable bonds is 6. The summed E-state index contributed by atoms with van der Waals surface area (Å²) in [5.74, 6) is -1.71. The van der Waals surface area contributed by atoms with Gasteiger partial charge in [-0.05, 0) is 51.1 Å². The molecule has 2 aromatic carbocycles. The molecule has 1 aromatic heterocycles. The van der Waals surface area contributed by atoms with E-state index in [1.54, 1.807) is 18.5 Å². The van der Waals surface area contributed by atoms with Gasteiger partial charge in [-0.25, -0.2) is 13.9 Å². The first-order chi connectivity index (χ1) is 13.9. The molecule has 0 aliphatic rings. The molecule has 7 heteroatoms. The van der Waals surface area contributed by atoms with Gasteiger partial charge in [-0.2, -0.15) is 5.10 Å². The van der Waals surface area contributed by atoms with E-state index in [1.807, 2.05) is 37.3 Å². The maximum absolute atomic E-state index is 13.5. The molecule has 6 nitrogen and oxygen atoms in total. The third kappa shape index (κ3) is 4.34. The van der Waals surface area contributed by atoms with Crippen LogP contribution in [0.1, 0.15) is 40.3 Å². The topological polar surface area (TPSA) is 73.2 Å². The van der Waals surface area contributed by atoms with Gasteiger partial charge in [0.15, 0.2) is 6.04 Å². The lowest BCUT2D eigenvalue weighted by Gasteiger charge is -2.18. The molecule has 150 valence electrons. The molecule has 29 heavy (non-hydrogen) atoms. The third-order valence-electron chi connectivity index (χ3n) is 4.52. The van der Waals surface area contributed by atoms with Crippen LogP contribution < -0.4 is 5.32 Å². The smallest absolute Gasteiger partial charge is 0.333 e. The molecular formula is C22H22FN3O3. The molecule has 0 saturated carbocycles. The minimum Gasteiger partial charge on any atom is -0.464 e. The van der Waals surface area contributed by atoms with Gasteiger partial charge >= 0.3 is 5.97 Å². The molecule has 0 saturated heterocycles. The summed E-state index contributed by atoms with van der Waals surface area (Å²) in [6, 6.07) is 13.7. The molecule has 0 aliphatic heterocycles. The van der Waals surface area contributed by atoms with E-state index in [0.717, 1.165) is 11.8 Å². The van der Waals surface area contributed by atoms with Crippen LogP contribution in [0, 0.1) is 19.7 Å². The molecule has 0 unspecified atom stereocenters. The minimum absolute atomic E-state index is 0.116. The second-order valence-corrected chi connectivity index (χ2v) is 6.50. The summed E-state index contributed by atoms with van der Waals surface area (Å²) in [6.45, 7) is 5.44. The van der Waals surface area contributed by atoms with Crippen LogP contribution in [0.3, 0.4) is 0 Å². The van der Waals surface area contributed by atoms with Crippen LogP contribution in [0.5, 0.6) is 0 Å². The Kier molecular flexibility index (Phi) is 6.07. The quantitative estimate of drug-likeness (QED) is 0.647. The van der Waals surface area contributed by atoms with Crippen LogP contribution in [0.25, 0.3) is 5.69 Å². The van der Waals surface area contributed by atoms with Gasteiger partial charge in [-0.1, -0.05) is 24.3 Å². The fourth-order valence-electron chi connectivity index (χ4n) is 3.21. The van der Waals surface area contributed by atoms with Gasteiger partial charge in [-0.15, -0.1) is 0 Å². The highest BCUT2D eigenvalue weighted by atomic mass is 19.1. The van der Waals surface area contributed by atoms with Crippen LogP contribution in [0.15, 0.2) is 54.6 Å². The Morgan fingerprint density at radius 2 is 1.86 bits per heavy atom. The van der Waals surface area contributed by atoms with Crippen LogP contribution in [-0.2, 0) is 9.53 Å². The van der Waals surface area contributed by atoms with E-state index in [9.17, 15) is 14.0 Å². The number of nitrogens with one attached hydrogen (secondary N) is 1. The van der Waals surface area contributed by atoms with E-state index < -0.39 is 23.7 Å². The summed E-state index contributed by atoms with van der Waals surface area (Å²) < 4.78 is 20.4. The largest absolute Gasteiger partial charge is 0.464 e. The highest BCUT2D eigenvalue weighted by Gasteiger charge is 2.30. The van der Waals surface area contributed by atoms with Gasteiger partial charge in [0.2, 0.25) is 0 Å². The van der Waals surface area contributed by atoms with Crippen molar-refractivity contribution in [2.24, 2.45) is 0 Å². The van der Waals surface area contributed by atoms with Gasteiger partial charge in [-0.3, -0.25) is 4.79 Å². The highest BCUT2D eigenvalue weighted by Crippen LogP contribution is 2.26. The Balaban J connectivity index is 2.01. The zero-order chi connectivity index (χ0) is 21.0. The fourth-order valence-corrected chi connectivity index (χ4v) is 3.21. The molecule has 1 amide bonds. The molecule has 1 N–H and O–H groups in total. The number of halogens is 1. The predicted octanol–water partition coefficient (Wildman–Crippen LogP) is 3.66. The summed E-state index contributed by atoms with van der Waals surface area (Å²) in [5.41, 5.74) is 2.79. The molecule has 0 radical (unpaired) electrons. The zero-order valence-electron chi connectivity index (χ0n) is 16.5. The number of benzene rings is 2. The van der Waals surface area contributed by atoms with E-state index in [2.05, 4.69) is 10.4 Å². The van der Waals surface area contributed by atoms with Crippen LogP contribution >= 0.6 is 0 Å². The van der Waals surface area contributed by atoms with Crippen LogP contribution in [0.2, 0.25) is 0 Å². The Morgan fingerprint density at radius 3 is 2.52 bits per heavy atom. The number of carbonyl (C=O) groups is 2. The van der Waals surface area contributed by atoms with Crippen molar-refractivity contribution < 1.29 is 18.7 Å². The Hall–Kier alpha value is -3.48. The standard InChI is InChI=1S/C22H22FN3O3/c1-4-29-22(28)20(24-21(27)16-9-8-10-17(23)13-16)19-14(2)25-26(15(19)3)18-11-6-5-7-12-18/h5-13,20H,4H2,1-3H3,(H,24,27)/t20-/m1/s1. The second kappa shape index (κ2) is 8.68. The number of nitrogens with zero attached hydrogens (tertiary/aromatic N) is 2. The van der Waals surface area contributed by atoms with Crippen molar-refractivity contribution in [3.8, 4) is 5.69 Å². The van der Waals surface area contributed by atoms with E-state index in [0.29, 0.717) is 17.0 Å². The van der Waals surface area contributed by atoms with Gasteiger partial charge in [0.1, 0.15) is 5.82 Å². The SMILES string of the molecule is CCOC(=O)[C@H](NC(=O)c1cccc(F)c1)c1c(C)nn(-c2ccccc2)c1C. The Bertz CT molecular complexity index is 1030. The van der Waals surface area contributed by atoms with E-state index in [4.69, 9.17) is 4.74 Å². The number of aromatic nitrogens is 2. The first-order valence-electron chi connectivity index (χ1n) is 9.27. The average molecular weight is 395 g/mol. The highest BCUT2D eigenvalue weighted by molar-refractivity contribution is 5.97. The fraction of sp³-hybridized carbons (Fsp3) is 0.227. The molecule has 0 aliphatic carbocycles. The van der Waals surface area contributed by atoms with E-state index in [1.165, 1.54) is 18.2 Å². The molecule has 1 heterocycles. The number of hydrogen-bond donors (Lipinski definition) is 1. The number of para-hydroxylation sites is 1. The number of hydrogen-bond acceptors (Lipinski definition) is 4. The van der Waals surface area contributed by atoms with Crippen molar-refractivity contribution in [2.45, 2.75) is 26.8 Å². The average Bonchev–Trinajstić information content (AvgIpc) is 3.01. The van der Waals surface area contributed by atoms with E-state index in [-0.39, 0.29) is 12.2 Å². The molecule has 0 spiro atoms. The number of aryl methyl sites for hydroxylation is 1. The first kappa shape index (κ1) is 20.3. The number of carbonyl (C=O) groups excluding carboxylic acids is 2. The summed E-state index contributed by atoms with van der Waals surface area (Å²) in [7, 11) is 0. The molecule has 3 aromatic rings. The normalized spacial score (nSPS) is 11.7.